The Kier molecular flexibility index (Phi) is 2.66. The average Bonchev–Trinajstić information content (AvgIpc) is 2.63. The van der Waals surface area contributed by atoms with E-state index in [1.165, 1.54) is 4.90 Å². The molecule has 1 saturated carbocycles. The number of likely N-dealkylation sites (N-methyl/N-ethyl adjacent to an activating group) is 1. The van der Waals surface area contributed by atoms with Crippen molar-refractivity contribution in [3.63, 3.8) is 0 Å². The van der Waals surface area contributed by atoms with Gasteiger partial charge in [-0.1, -0.05) is 0 Å². The first kappa shape index (κ1) is 10.8. The molecule has 0 aromatic heterocycles. The fourth-order valence-electron chi connectivity index (χ4n) is 1.93. The summed E-state index contributed by atoms with van der Waals surface area (Å²) < 4.78 is 30.6. The molecule has 86 valence electrons. The second-order valence-corrected chi connectivity index (χ2v) is 4.37. The van der Waals surface area contributed by atoms with E-state index in [2.05, 4.69) is 0 Å². The van der Waals surface area contributed by atoms with Crippen molar-refractivity contribution in [1.82, 2.24) is 4.90 Å². The number of amides is 1. The molecule has 0 bridgehead atoms. The molecule has 15 heavy (non-hydrogen) atoms. The maximum Gasteiger partial charge on any atom is 0.260 e. The summed E-state index contributed by atoms with van der Waals surface area (Å²) in [5, 5.41) is 0. The highest BCUT2D eigenvalue weighted by Gasteiger charge is 2.62. The quantitative estimate of drug-likeness (QED) is 0.715. The molecule has 2 fully saturated rings. The summed E-state index contributed by atoms with van der Waals surface area (Å²) in [6.45, 7) is 1.15. The molecule has 2 rings (SSSR count). The van der Waals surface area contributed by atoms with Crippen LogP contribution in [0.25, 0.3) is 0 Å². The molecule has 2 atom stereocenters. The van der Waals surface area contributed by atoms with Crippen molar-refractivity contribution in [1.29, 1.82) is 0 Å². The van der Waals surface area contributed by atoms with E-state index >= 15 is 0 Å². The number of carbonyl (C=O) groups is 1. The van der Waals surface area contributed by atoms with Crippen molar-refractivity contribution >= 4 is 5.91 Å². The van der Waals surface area contributed by atoms with Gasteiger partial charge < -0.3 is 9.64 Å². The zero-order valence-electron chi connectivity index (χ0n) is 8.71. The normalized spacial score (nSPS) is 32.7. The first-order valence-electron chi connectivity index (χ1n) is 5.25. The van der Waals surface area contributed by atoms with Crippen LogP contribution < -0.4 is 0 Å². The Morgan fingerprint density at radius 2 is 2.27 bits per heavy atom. The Morgan fingerprint density at radius 1 is 1.60 bits per heavy atom. The van der Waals surface area contributed by atoms with E-state index in [0.717, 1.165) is 12.8 Å². The molecule has 1 aliphatic carbocycles. The van der Waals surface area contributed by atoms with Gasteiger partial charge in [0, 0.05) is 26.6 Å². The van der Waals surface area contributed by atoms with Crippen molar-refractivity contribution in [2.24, 2.45) is 5.92 Å². The molecule has 1 heterocycles. The van der Waals surface area contributed by atoms with Crippen LogP contribution in [0.2, 0.25) is 0 Å². The minimum absolute atomic E-state index is 0.0336. The SMILES string of the molecule is CN(C[C@@H]1CCCO1)C(=O)C1CC1(F)F. The molecule has 2 aliphatic rings. The van der Waals surface area contributed by atoms with Crippen LogP contribution in [0.3, 0.4) is 0 Å². The van der Waals surface area contributed by atoms with E-state index < -0.39 is 17.7 Å². The second kappa shape index (κ2) is 3.70. The van der Waals surface area contributed by atoms with Gasteiger partial charge in [0.2, 0.25) is 5.91 Å². The van der Waals surface area contributed by atoms with Crippen LogP contribution in [-0.4, -0.2) is 43.0 Å². The Hall–Kier alpha value is -0.710. The lowest BCUT2D eigenvalue weighted by atomic mass is 10.2. The fraction of sp³-hybridized carbons (Fsp3) is 0.900. The Labute approximate surface area is 87.4 Å². The molecule has 3 nitrogen and oxygen atoms in total. The predicted molar refractivity (Wildman–Crippen MR) is 49.7 cm³/mol. The minimum atomic E-state index is -2.76. The standard InChI is InChI=1S/C10H15F2NO2/c1-13(6-7-3-2-4-15-7)9(14)8-5-10(8,11)12/h7-8H,2-6H2,1H3/t7-,8?/m0/s1. The van der Waals surface area contributed by atoms with E-state index in [0.29, 0.717) is 13.2 Å². The van der Waals surface area contributed by atoms with Crippen LogP contribution in [-0.2, 0) is 9.53 Å². The third kappa shape index (κ3) is 2.27. The number of hydrogen-bond donors (Lipinski definition) is 0. The van der Waals surface area contributed by atoms with E-state index in [9.17, 15) is 13.6 Å². The van der Waals surface area contributed by atoms with Crippen molar-refractivity contribution in [2.45, 2.75) is 31.3 Å². The maximum absolute atomic E-state index is 12.6. The van der Waals surface area contributed by atoms with Gasteiger partial charge in [-0.25, -0.2) is 8.78 Å². The molecular formula is C10H15F2NO2. The smallest absolute Gasteiger partial charge is 0.260 e. The number of hydrogen-bond acceptors (Lipinski definition) is 2. The predicted octanol–water partition coefficient (Wildman–Crippen LogP) is 1.28. The van der Waals surface area contributed by atoms with Gasteiger partial charge in [-0.2, -0.15) is 0 Å². The lowest BCUT2D eigenvalue weighted by Gasteiger charge is -2.20. The largest absolute Gasteiger partial charge is 0.376 e. The monoisotopic (exact) mass is 219 g/mol. The van der Waals surface area contributed by atoms with Crippen LogP contribution in [0, 0.1) is 5.92 Å². The summed E-state index contributed by atoms with van der Waals surface area (Å²) in [4.78, 5) is 12.9. The zero-order valence-corrected chi connectivity index (χ0v) is 8.71. The summed E-state index contributed by atoms with van der Waals surface area (Å²) in [6, 6.07) is 0. The number of halogens is 2. The molecular weight excluding hydrogens is 204 g/mol. The topological polar surface area (TPSA) is 29.5 Å². The minimum Gasteiger partial charge on any atom is -0.376 e. The average molecular weight is 219 g/mol. The number of nitrogens with zero attached hydrogens (tertiary/aromatic N) is 1. The highest BCUT2D eigenvalue weighted by Crippen LogP contribution is 2.49. The van der Waals surface area contributed by atoms with Gasteiger partial charge in [-0.05, 0) is 12.8 Å². The summed E-state index contributed by atoms with van der Waals surface area (Å²) in [5.41, 5.74) is 0. The highest BCUT2D eigenvalue weighted by molar-refractivity contribution is 5.82. The van der Waals surface area contributed by atoms with Gasteiger partial charge in [0.05, 0.1) is 6.10 Å². The van der Waals surface area contributed by atoms with Crippen molar-refractivity contribution in [3.8, 4) is 0 Å². The molecule has 1 aliphatic heterocycles. The van der Waals surface area contributed by atoms with Crippen molar-refractivity contribution in [3.05, 3.63) is 0 Å². The summed E-state index contributed by atoms with van der Waals surface area (Å²) in [5.74, 6) is -4.29. The molecule has 5 heteroatoms. The van der Waals surface area contributed by atoms with Gasteiger partial charge in [-0.3, -0.25) is 4.79 Å². The van der Waals surface area contributed by atoms with E-state index in [-0.39, 0.29) is 12.5 Å². The summed E-state index contributed by atoms with van der Waals surface area (Å²) in [6.07, 6.45) is 1.65. The van der Waals surface area contributed by atoms with E-state index in [4.69, 9.17) is 4.74 Å². The van der Waals surface area contributed by atoms with Crippen LogP contribution in [0.5, 0.6) is 0 Å². The molecule has 0 radical (unpaired) electrons. The first-order valence-corrected chi connectivity index (χ1v) is 5.25. The van der Waals surface area contributed by atoms with Gasteiger partial charge >= 0.3 is 0 Å². The van der Waals surface area contributed by atoms with Crippen LogP contribution in [0.15, 0.2) is 0 Å². The maximum atomic E-state index is 12.6. The Morgan fingerprint density at radius 3 is 2.73 bits per heavy atom. The first-order chi connectivity index (χ1) is 7.00. The lowest BCUT2D eigenvalue weighted by Crippen LogP contribution is -2.36. The Balaban J connectivity index is 1.80. The third-order valence-electron chi connectivity index (χ3n) is 3.00. The molecule has 0 N–H and O–H groups in total. The Bertz CT molecular complexity index is 264. The molecule has 1 amide bonds. The highest BCUT2D eigenvalue weighted by atomic mass is 19.3. The number of carbonyl (C=O) groups excluding carboxylic acids is 1. The lowest BCUT2D eigenvalue weighted by molar-refractivity contribution is -0.134. The fourth-order valence-corrected chi connectivity index (χ4v) is 1.93. The van der Waals surface area contributed by atoms with Gasteiger partial charge in [0.25, 0.3) is 5.92 Å². The molecule has 0 aromatic rings. The number of alkyl halides is 2. The molecule has 1 unspecified atom stereocenters. The summed E-state index contributed by atoms with van der Waals surface area (Å²) >= 11 is 0. The zero-order chi connectivity index (χ0) is 11.1. The van der Waals surface area contributed by atoms with Gasteiger partial charge in [-0.15, -0.1) is 0 Å². The number of rotatable bonds is 3. The second-order valence-electron chi connectivity index (χ2n) is 4.37. The summed E-state index contributed by atoms with van der Waals surface area (Å²) in [7, 11) is 1.57. The van der Waals surface area contributed by atoms with Crippen molar-refractivity contribution in [2.75, 3.05) is 20.2 Å². The van der Waals surface area contributed by atoms with Gasteiger partial charge in [0.15, 0.2) is 0 Å². The van der Waals surface area contributed by atoms with E-state index in [1.807, 2.05) is 0 Å². The molecule has 0 spiro atoms. The van der Waals surface area contributed by atoms with Crippen LogP contribution >= 0.6 is 0 Å². The van der Waals surface area contributed by atoms with E-state index in [1.54, 1.807) is 7.05 Å². The number of ether oxygens (including phenoxy) is 1. The van der Waals surface area contributed by atoms with Crippen LogP contribution in [0.4, 0.5) is 8.78 Å². The van der Waals surface area contributed by atoms with Gasteiger partial charge in [0.1, 0.15) is 5.92 Å². The van der Waals surface area contributed by atoms with Crippen molar-refractivity contribution < 1.29 is 18.3 Å². The molecule has 0 aromatic carbocycles. The van der Waals surface area contributed by atoms with Crippen LogP contribution in [0.1, 0.15) is 19.3 Å². The third-order valence-corrected chi connectivity index (χ3v) is 3.00. The molecule has 1 saturated heterocycles.